The van der Waals surface area contributed by atoms with Crippen LogP contribution in [-0.2, 0) is 13.6 Å². The van der Waals surface area contributed by atoms with Crippen molar-refractivity contribution in [3.05, 3.63) is 24.3 Å². The Morgan fingerprint density at radius 3 is 1.57 bits per heavy atom. The third kappa shape index (κ3) is 19.8. The summed E-state index contributed by atoms with van der Waals surface area (Å²) < 4.78 is 16.6. The molecule has 0 rings (SSSR count). The Morgan fingerprint density at radius 1 is 0.762 bits per heavy atom. The van der Waals surface area contributed by atoms with E-state index in [0.717, 1.165) is 49.3 Å². The smallest absolute Gasteiger partial charge is 0.214 e. The van der Waals surface area contributed by atoms with Gasteiger partial charge in [0.1, 0.15) is 0 Å². The van der Waals surface area contributed by atoms with E-state index < -0.39 is 0 Å². The quantitative estimate of drug-likeness (QED) is 0.245. The highest BCUT2D eigenvalue weighted by Gasteiger charge is 1.97. The maximum Gasteiger partial charge on any atom is 0.214 e. The average molecular weight is 327 g/mol. The maximum atomic E-state index is 5.67. The summed E-state index contributed by atoms with van der Waals surface area (Å²) in [6.45, 7) is 14.6. The largest absolute Gasteiger partial charge is 0.457 e. The molecular formula is C16H30O3Si2. The lowest BCUT2D eigenvalue weighted by atomic mass is 10.3. The third-order valence-corrected chi connectivity index (χ3v) is 4.75. The number of rotatable bonds is 16. The average Bonchev–Trinajstić information content (AvgIpc) is 2.42. The molecule has 0 saturated carbocycles. The van der Waals surface area contributed by atoms with Crippen LogP contribution in [0, 0.1) is 0 Å². The fourth-order valence-corrected chi connectivity index (χ4v) is 3.46. The SMILES string of the molecule is C=C(C)COCCCC[Si]O[Si]CCCCOCC(=C)C. The molecular weight excluding hydrogens is 296 g/mol. The number of hydrogen-bond donors (Lipinski definition) is 0. The molecule has 0 aromatic heterocycles. The normalized spacial score (nSPS) is 10.8. The van der Waals surface area contributed by atoms with Gasteiger partial charge in [0, 0.05) is 13.2 Å². The monoisotopic (exact) mass is 326 g/mol. The third-order valence-electron chi connectivity index (χ3n) is 2.48. The van der Waals surface area contributed by atoms with Gasteiger partial charge < -0.3 is 13.6 Å². The van der Waals surface area contributed by atoms with Crippen molar-refractivity contribution in [2.45, 2.75) is 51.6 Å². The minimum atomic E-state index is 0.645. The Hall–Kier alpha value is -0.206. The first kappa shape index (κ1) is 20.8. The van der Waals surface area contributed by atoms with Gasteiger partial charge in [0.2, 0.25) is 19.5 Å². The van der Waals surface area contributed by atoms with E-state index in [1.807, 2.05) is 13.8 Å². The van der Waals surface area contributed by atoms with Crippen LogP contribution in [0.15, 0.2) is 24.3 Å². The lowest BCUT2D eigenvalue weighted by molar-refractivity contribution is 0.153. The highest BCUT2D eigenvalue weighted by Crippen LogP contribution is 2.00. The minimum absolute atomic E-state index is 0.645. The van der Waals surface area contributed by atoms with E-state index in [-0.39, 0.29) is 0 Å². The summed E-state index contributed by atoms with van der Waals surface area (Å²) in [6, 6.07) is 2.32. The summed E-state index contributed by atoms with van der Waals surface area (Å²) in [6.07, 6.45) is 4.61. The predicted molar refractivity (Wildman–Crippen MR) is 91.9 cm³/mol. The van der Waals surface area contributed by atoms with Crippen molar-refractivity contribution in [1.82, 2.24) is 0 Å². The van der Waals surface area contributed by atoms with E-state index in [2.05, 4.69) is 13.2 Å². The van der Waals surface area contributed by atoms with Gasteiger partial charge >= 0.3 is 0 Å². The fourth-order valence-electron chi connectivity index (χ4n) is 1.45. The molecule has 0 spiro atoms. The molecule has 0 aliphatic rings. The zero-order chi connectivity index (χ0) is 15.8. The second-order valence-corrected chi connectivity index (χ2v) is 7.72. The summed E-state index contributed by atoms with van der Waals surface area (Å²) in [5.41, 5.74) is 2.18. The summed E-state index contributed by atoms with van der Waals surface area (Å²) in [5.74, 6) is 0. The van der Waals surface area contributed by atoms with Crippen LogP contribution >= 0.6 is 0 Å². The van der Waals surface area contributed by atoms with Gasteiger partial charge in [-0.05, 0) is 38.8 Å². The number of hydrogen-bond acceptors (Lipinski definition) is 3. The molecule has 0 aliphatic carbocycles. The molecule has 0 bridgehead atoms. The van der Waals surface area contributed by atoms with Crippen LogP contribution < -0.4 is 0 Å². The molecule has 0 aromatic carbocycles. The van der Waals surface area contributed by atoms with Crippen LogP contribution in [0.5, 0.6) is 0 Å². The van der Waals surface area contributed by atoms with Crippen molar-refractivity contribution in [2.75, 3.05) is 26.4 Å². The van der Waals surface area contributed by atoms with Gasteiger partial charge in [-0.15, -0.1) is 0 Å². The maximum absolute atomic E-state index is 5.67. The van der Waals surface area contributed by atoms with Crippen molar-refractivity contribution in [3.63, 3.8) is 0 Å². The Labute approximate surface area is 136 Å². The minimum Gasteiger partial charge on any atom is -0.457 e. The molecule has 0 aromatic rings. The molecule has 0 N–H and O–H groups in total. The van der Waals surface area contributed by atoms with Gasteiger partial charge in [0.05, 0.1) is 13.2 Å². The van der Waals surface area contributed by atoms with Crippen LogP contribution in [0.3, 0.4) is 0 Å². The molecule has 3 nitrogen and oxygen atoms in total. The van der Waals surface area contributed by atoms with Crippen LogP contribution in [0.4, 0.5) is 0 Å². The molecule has 4 radical (unpaired) electrons. The van der Waals surface area contributed by atoms with Crippen LogP contribution in [-0.4, -0.2) is 46.0 Å². The van der Waals surface area contributed by atoms with Gasteiger partial charge in [0.25, 0.3) is 0 Å². The lowest BCUT2D eigenvalue weighted by Gasteiger charge is -2.04. The van der Waals surface area contributed by atoms with E-state index >= 15 is 0 Å². The summed E-state index contributed by atoms with van der Waals surface area (Å²) >= 11 is 0. The van der Waals surface area contributed by atoms with Gasteiger partial charge in [0.15, 0.2) is 0 Å². The molecule has 0 fully saturated rings. The second-order valence-electron chi connectivity index (χ2n) is 5.32. The zero-order valence-corrected chi connectivity index (χ0v) is 15.7. The molecule has 0 aliphatic heterocycles. The summed E-state index contributed by atoms with van der Waals surface area (Å²) in [4.78, 5) is 0. The molecule has 0 saturated heterocycles. The van der Waals surface area contributed by atoms with Gasteiger partial charge in [-0.25, -0.2) is 0 Å². The number of ether oxygens (including phenoxy) is 2. The van der Waals surface area contributed by atoms with Crippen molar-refractivity contribution >= 4 is 19.5 Å². The predicted octanol–water partition coefficient (Wildman–Crippen LogP) is 3.82. The topological polar surface area (TPSA) is 27.7 Å². The Balaban J connectivity index is 2.99. The first-order valence-electron chi connectivity index (χ1n) is 7.68. The Bertz CT molecular complexity index is 244. The zero-order valence-electron chi connectivity index (χ0n) is 13.7. The molecule has 0 heterocycles. The fraction of sp³-hybridized carbons (Fsp3) is 0.750. The van der Waals surface area contributed by atoms with Crippen LogP contribution in [0.25, 0.3) is 0 Å². The molecule has 5 heteroatoms. The molecule has 0 amide bonds. The molecule has 21 heavy (non-hydrogen) atoms. The van der Waals surface area contributed by atoms with Gasteiger partial charge in [-0.3, -0.25) is 0 Å². The highest BCUT2D eigenvalue weighted by molar-refractivity contribution is 6.42. The van der Waals surface area contributed by atoms with E-state index in [1.165, 1.54) is 12.8 Å². The van der Waals surface area contributed by atoms with Crippen molar-refractivity contribution in [3.8, 4) is 0 Å². The van der Waals surface area contributed by atoms with Crippen molar-refractivity contribution in [1.29, 1.82) is 0 Å². The first-order valence-corrected chi connectivity index (χ1v) is 9.91. The molecule has 0 unspecified atom stereocenters. The van der Waals surface area contributed by atoms with E-state index in [0.29, 0.717) is 32.7 Å². The van der Waals surface area contributed by atoms with E-state index in [4.69, 9.17) is 13.6 Å². The van der Waals surface area contributed by atoms with Crippen LogP contribution in [0.1, 0.15) is 39.5 Å². The number of unbranched alkanes of at least 4 members (excludes halogenated alkanes) is 2. The first-order chi connectivity index (χ1) is 10.1. The second kappa shape index (κ2) is 16.2. The van der Waals surface area contributed by atoms with Gasteiger partial charge in [-0.1, -0.05) is 37.1 Å². The molecule has 0 atom stereocenters. The lowest BCUT2D eigenvalue weighted by Crippen LogP contribution is -2.05. The standard InChI is InChI=1S/C16H30O3Si2/c1-15(2)13-17-9-5-7-11-20-19-21-12-8-6-10-18-14-16(3)4/h1,3,5-14H2,2,4H3. The van der Waals surface area contributed by atoms with Crippen LogP contribution in [0.2, 0.25) is 12.1 Å². The summed E-state index contributed by atoms with van der Waals surface area (Å²) in [5, 5.41) is 0. The van der Waals surface area contributed by atoms with Gasteiger partial charge in [-0.2, -0.15) is 0 Å². The Morgan fingerprint density at radius 2 is 1.19 bits per heavy atom. The highest BCUT2D eigenvalue weighted by atomic mass is 28.3. The van der Waals surface area contributed by atoms with E-state index in [1.54, 1.807) is 0 Å². The van der Waals surface area contributed by atoms with E-state index in [9.17, 15) is 0 Å². The van der Waals surface area contributed by atoms with Crippen molar-refractivity contribution < 1.29 is 13.6 Å². The summed E-state index contributed by atoms with van der Waals surface area (Å²) in [7, 11) is 1.29. The van der Waals surface area contributed by atoms with Crippen molar-refractivity contribution in [2.24, 2.45) is 0 Å². The molecule has 120 valence electrons. The Kier molecular flexibility index (Phi) is 16.0.